The molecule has 1 amide bonds. The molecule has 1 aromatic carbocycles. The minimum atomic E-state index is -2.94. The number of aliphatic hydroxyl groups is 1. The first kappa shape index (κ1) is 15.7. The Balaban J connectivity index is 2.17. The van der Waals surface area contributed by atoms with Crippen molar-refractivity contribution < 1.29 is 28.2 Å². The van der Waals surface area contributed by atoms with Crippen LogP contribution in [0.5, 0.6) is 5.75 Å². The average Bonchev–Trinajstić information content (AvgIpc) is 2.85. The van der Waals surface area contributed by atoms with Crippen molar-refractivity contribution >= 4 is 5.91 Å². The van der Waals surface area contributed by atoms with Crippen molar-refractivity contribution in [3.8, 4) is 5.75 Å². The number of carbonyl (C=O) groups is 1. The Kier molecular flexibility index (Phi) is 5.08. The zero-order valence-corrected chi connectivity index (χ0v) is 11.5. The van der Waals surface area contributed by atoms with Gasteiger partial charge in [-0.1, -0.05) is 6.07 Å². The summed E-state index contributed by atoms with van der Waals surface area (Å²) in [5.41, 5.74) is 0.231. The van der Waals surface area contributed by atoms with Gasteiger partial charge in [0.25, 0.3) is 5.91 Å². The minimum absolute atomic E-state index is 0.0740. The van der Waals surface area contributed by atoms with E-state index in [-0.39, 0.29) is 30.4 Å². The van der Waals surface area contributed by atoms with E-state index in [0.717, 1.165) is 0 Å². The third-order valence-electron chi connectivity index (χ3n) is 3.33. The molecule has 1 heterocycles. The third kappa shape index (κ3) is 3.68. The highest BCUT2D eigenvalue weighted by Gasteiger charge is 2.34. The molecule has 0 saturated carbocycles. The maximum Gasteiger partial charge on any atom is 0.387 e. The normalized spacial score (nSPS) is 21.6. The van der Waals surface area contributed by atoms with E-state index in [1.165, 1.54) is 29.2 Å². The molecule has 0 bridgehead atoms. The second-order valence-electron chi connectivity index (χ2n) is 4.67. The molecule has 7 heteroatoms. The number of carbonyl (C=O) groups excluding carboxylic acids is 1. The number of nitrogens with zero attached hydrogens (tertiary/aromatic N) is 1. The van der Waals surface area contributed by atoms with Crippen LogP contribution in [0.2, 0.25) is 0 Å². The molecule has 21 heavy (non-hydrogen) atoms. The van der Waals surface area contributed by atoms with Crippen molar-refractivity contribution in [2.45, 2.75) is 25.7 Å². The quantitative estimate of drug-likeness (QED) is 0.895. The van der Waals surface area contributed by atoms with E-state index in [1.54, 1.807) is 6.92 Å². The predicted molar refractivity (Wildman–Crippen MR) is 70.4 cm³/mol. The van der Waals surface area contributed by atoms with Crippen LogP contribution in [0, 0.1) is 0 Å². The summed E-state index contributed by atoms with van der Waals surface area (Å²) in [6, 6.07) is 5.18. The summed E-state index contributed by atoms with van der Waals surface area (Å²) in [5.74, 6) is -0.429. The number of halogens is 2. The van der Waals surface area contributed by atoms with Crippen LogP contribution in [-0.4, -0.2) is 54.4 Å². The van der Waals surface area contributed by atoms with Crippen LogP contribution in [-0.2, 0) is 4.74 Å². The zero-order valence-electron chi connectivity index (χ0n) is 11.5. The fourth-order valence-electron chi connectivity index (χ4n) is 2.33. The van der Waals surface area contributed by atoms with E-state index in [9.17, 15) is 18.7 Å². The summed E-state index contributed by atoms with van der Waals surface area (Å²) in [5, 5.41) is 9.82. The van der Waals surface area contributed by atoms with Crippen molar-refractivity contribution in [1.29, 1.82) is 0 Å². The van der Waals surface area contributed by atoms with E-state index in [1.807, 2.05) is 0 Å². The summed E-state index contributed by atoms with van der Waals surface area (Å²) in [4.78, 5) is 13.9. The number of hydrogen-bond acceptors (Lipinski definition) is 4. The molecule has 1 saturated heterocycles. The lowest BCUT2D eigenvalue weighted by Gasteiger charge is -2.29. The van der Waals surface area contributed by atoms with Crippen LogP contribution >= 0.6 is 0 Å². The monoisotopic (exact) mass is 301 g/mol. The maximum atomic E-state index is 12.5. The van der Waals surface area contributed by atoms with Gasteiger partial charge in [0.2, 0.25) is 0 Å². The molecule has 5 nitrogen and oxygen atoms in total. The zero-order chi connectivity index (χ0) is 15.4. The summed E-state index contributed by atoms with van der Waals surface area (Å²) < 4.78 is 33.8. The summed E-state index contributed by atoms with van der Waals surface area (Å²) in [6.07, 6.45) is -0.741. The summed E-state index contributed by atoms with van der Waals surface area (Å²) in [6.45, 7) is -0.342. The number of likely N-dealkylation sites (N-methyl/N-ethyl adjacent to an activating group) is 1. The van der Waals surface area contributed by atoms with Gasteiger partial charge < -0.3 is 19.5 Å². The molecule has 1 aromatic rings. The van der Waals surface area contributed by atoms with Crippen LogP contribution in [0.3, 0.4) is 0 Å². The Morgan fingerprint density at radius 2 is 2.29 bits per heavy atom. The molecule has 1 aliphatic heterocycles. The largest absolute Gasteiger partial charge is 0.435 e. The highest BCUT2D eigenvalue weighted by molar-refractivity contribution is 5.94. The fourth-order valence-corrected chi connectivity index (χ4v) is 2.33. The maximum absolute atomic E-state index is 12.5. The SMILES string of the molecule is CCN(C(=O)c1cccc(OC(F)F)c1)[C@@H]1COC[C@H]1O. The number of benzene rings is 1. The Morgan fingerprint density at radius 3 is 2.86 bits per heavy atom. The van der Waals surface area contributed by atoms with Crippen molar-refractivity contribution in [3.05, 3.63) is 29.8 Å². The molecule has 1 fully saturated rings. The molecule has 0 unspecified atom stereocenters. The van der Waals surface area contributed by atoms with Crippen molar-refractivity contribution in [2.24, 2.45) is 0 Å². The topological polar surface area (TPSA) is 59.0 Å². The number of hydrogen-bond donors (Lipinski definition) is 1. The molecule has 0 spiro atoms. The molecule has 0 aliphatic carbocycles. The molecule has 1 N–H and O–H groups in total. The number of rotatable bonds is 5. The number of ether oxygens (including phenoxy) is 2. The number of amides is 1. The lowest BCUT2D eigenvalue weighted by atomic mass is 10.1. The van der Waals surface area contributed by atoms with Crippen molar-refractivity contribution in [3.63, 3.8) is 0 Å². The highest BCUT2D eigenvalue weighted by Crippen LogP contribution is 2.20. The van der Waals surface area contributed by atoms with Gasteiger partial charge in [-0.05, 0) is 25.1 Å². The molecule has 1 aliphatic rings. The van der Waals surface area contributed by atoms with E-state index in [4.69, 9.17) is 4.74 Å². The molecule has 2 rings (SSSR count). The lowest BCUT2D eigenvalue weighted by Crippen LogP contribution is -2.46. The molecule has 2 atom stereocenters. The van der Waals surface area contributed by atoms with Gasteiger partial charge in [0.15, 0.2) is 0 Å². The van der Waals surface area contributed by atoms with E-state index in [2.05, 4.69) is 4.74 Å². The van der Waals surface area contributed by atoms with Gasteiger partial charge in [0, 0.05) is 12.1 Å². The molecule has 0 radical (unpaired) electrons. The third-order valence-corrected chi connectivity index (χ3v) is 3.33. The molecular formula is C14H17F2NO4. The van der Waals surface area contributed by atoms with Gasteiger partial charge in [-0.3, -0.25) is 4.79 Å². The Labute approximate surface area is 121 Å². The highest BCUT2D eigenvalue weighted by atomic mass is 19.3. The minimum Gasteiger partial charge on any atom is -0.435 e. The standard InChI is InChI=1S/C14H17F2NO4/c1-2-17(11-7-20-8-12(11)18)13(19)9-4-3-5-10(6-9)21-14(15)16/h3-6,11-12,14,18H,2,7-8H2,1H3/t11-,12-/m1/s1. The number of aliphatic hydroxyl groups excluding tert-OH is 1. The summed E-state index contributed by atoms with van der Waals surface area (Å²) in [7, 11) is 0. The van der Waals surface area contributed by atoms with Crippen molar-refractivity contribution in [1.82, 2.24) is 4.90 Å². The van der Waals surface area contributed by atoms with Crippen LogP contribution in [0.25, 0.3) is 0 Å². The van der Waals surface area contributed by atoms with Gasteiger partial charge in [-0.2, -0.15) is 8.78 Å². The first-order valence-electron chi connectivity index (χ1n) is 6.64. The van der Waals surface area contributed by atoms with Crippen LogP contribution < -0.4 is 4.74 Å². The van der Waals surface area contributed by atoms with Gasteiger partial charge in [-0.15, -0.1) is 0 Å². The fraction of sp³-hybridized carbons (Fsp3) is 0.500. The lowest BCUT2D eigenvalue weighted by molar-refractivity contribution is -0.0499. The van der Waals surface area contributed by atoms with Gasteiger partial charge in [-0.25, -0.2) is 0 Å². The van der Waals surface area contributed by atoms with Crippen LogP contribution in [0.15, 0.2) is 24.3 Å². The second kappa shape index (κ2) is 6.82. The molecule has 0 aromatic heterocycles. The second-order valence-corrected chi connectivity index (χ2v) is 4.67. The van der Waals surface area contributed by atoms with E-state index < -0.39 is 18.8 Å². The molecular weight excluding hydrogens is 284 g/mol. The van der Waals surface area contributed by atoms with Crippen LogP contribution in [0.1, 0.15) is 17.3 Å². The summed E-state index contributed by atoms with van der Waals surface area (Å²) >= 11 is 0. The van der Waals surface area contributed by atoms with Crippen LogP contribution in [0.4, 0.5) is 8.78 Å². The first-order chi connectivity index (χ1) is 10.0. The molecule has 116 valence electrons. The Bertz CT molecular complexity index is 498. The predicted octanol–water partition coefficient (Wildman–Crippen LogP) is 1.51. The van der Waals surface area contributed by atoms with E-state index >= 15 is 0 Å². The first-order valence-corrected chi connectivity index (χ1v) is 6.64. The Morgan fingerprint density at radius 1 is 1.52 bits per heavy atom. The van der Waals surface area contributed by atoms with Gasteiger partial charge >= 0.3 is 6.61 Å². The Hall–Kier alpha value is -1.73. The average molecular weight is 301 g/mol. The van der Waals surface area contributed by atoms with Gasteiger partial charge in [0.05, 0.1) is 25.4 Å². The van der Waals surface area contributed by atoms with Crippen molar-refractivity contribution in [2.75, 3.05) is 19.8 Å². The van der Waals surface area contributed by atoms with Gasteiger partial charge in [0.1, 0.15) is 5.75 Å². The smallest absolute Gasteiger partial charge is 0.387 e. The van der Waals surface area contributed by atoms with E-state index in [0.29, 0.717) is 6.54 Å². The number of alkyl halides is 2.